The number of methoxy groups -OCH3 is 1. The lowest BCUT2D eigenvalue weighted by Crippen LogP contribution is -2.28. The van der Waals surface area contributed by atoms with Crippen LogP contribution in [-0.4, -0.2) is 19.6 Å². The van der Waals surface area contributed by atoms with Crippen LogP contribution in [0.3, 0.4) is 0 Å². The van der Waals surface area contributed by atoms with Crippen molar-refractivity contribution in [2.75, 3.05) is 13.7 Å². The molecule has 0 aliphatic carbocycles. The highest BCUT2D eigenvalue weighted by Crippen LogP contribution is 2.36. The van der Waals surface area contributed by atoms with E-state index >= 15 is 0 Å². The molecule has 1 aliphatic heterocycles. The standard InChI is InChI=1S/C12H13Cl2NO2/c1-6-8-5-9(13)10(12(16)17-2)11(14)7(8)3-4-15-6/h5-6,15H,3-4H2,1-2H3. The number of hydrogen-bond acceptors (Lipinski definition) is 3. The summed E-state index contributed by atoms with van der Waals surface area (Å²) >= 11 is 12.4. The molecule has 0 aromatic heterocycles. The van der Waals surface area contributed by atoms with Crippen molar-refractivity contribution in [3.05, 3.63) is 32.8 Å². The monoisotopic (exact) mass is 273 g/mol. The van der Waals surface area contributed by atoms with Crippen LogP contribution in [-0.2, 0) is 11.2 Å². The van der Waals surface area contributed by atoms with E-state index < -0.39 is 5.97 Å². The summed E-state index contributed by atoms with van der Waals surface area (Å²) in [4.78, 5) is 11.6. The smallest absolute Gasteiger partial charge is 0.340 e. The summed E-state index contributed by atoms with van der Waals surface area (Å²) in [5.41, 5.74) is 2.31. The number of carbonyl (C=O) groups excluding carboxylic acids is 1. The number of nitrogens with one attached hydrogen (secondary N) is 1. The van der Waals surface area contributed by atoms with E-state index in [1.807, 2.05) is 6.92 Å². The Bertz CT molecular complexity index is 474. The zero-order chi connectivity index (χ0) is 12.6. The van der Waals surface area contributed by atoms with E-state index in [9.17, 15) is 4.79 Å². The number of fused-ring (bicyclic) bond motifs is 1. The molecule has 92 valence electrons. The molecule has 0 spiro atoms. The van der Waals surface area contributed by atoms with Gasteiger partial charge in [0, 0.05) is 6.04 Å². The molecule has 3 nitrogen and oxygen atoms in total. The van der Waals surface area contributed by atoms with Crippen LogP contribution in [0.25, 0.3) is 0 Å². The average molecular weight is 274 g/mol. The van der Waals surface area contributed by atoms with Crippen LogP contribution in [0, 0.1) is 0 Å². The van der Waals surface area contributed by atoms with Gasteiger partial charge in [-0.05, 0) is 37.1 Å². The second-order valence-corrected chi connectivity index (χ2v) is 4.82. The normalized spacial score (nSPS) is 18.7. The Morgan fingerprint density at radius 1 is 1.53 bits per heavy atom. The van der Waals surface area contributed by atoms with E-state index in [0.29, 0.717) is 10.0 Å². The Morgan fingerprint density at radius 2 is 2.24 bits per heavy atom. The van der Waals surface area contributed by atoms with Crippen molar-refractivity contribution in [2.45, 2.75) is 19.4 Å². The lowest BCUT2D eigenvalue weighted by atomic mass is 9.93. The minimum atomic E-state index is -0.492. The van der Waals surface area contributed by atoms with Gasteiger partial charge < -0.3 is 10.1 Å². The lowest BCUT2D eigenvalue weighted by Gasteiger charge is -2.26. The molecule has 0 bridgehead atoms. The number of ether oxygens (including phenoxy) is 1. The van der Waals surface area contributed by atoms with Crippen LogP contribution in [0.5, 0.6) is 0 Å². The van der Waals surface area contributed by atoms with Crippen molar-refractivity contribution in [3.8, 4) is 0 Å². The third-order valence-corrected chi connectivity index (χ3v) is 3.75. The fourth-order valence-electron chi connectivity index (χ4n) is 2.13. The number of hydrogen-bond donors (Lipinski definition) is 1. The molecule has 17 heavy (non-hydrogen) atoms. The van der Waals surface area contributed by atoms with Crippen molar-refractivity contribution in [1.29, 1.82) is 0 Å². The topological polar surface area (TPSA) is 38.3 Å². The van der Waals surface area contributed by atoms with Crippen LogP contribution >= 0.6 is 23.2 Å². The summed E-state index contributed by atoms with van der Waals surface area (Å²) in [6.45, 7) is 2.89. The number of rotatable bonds is 1. The Morgan fingerprint density at radius 3 is 2.88 bits per heavy atom. The average Bonchev–Trinajstić information content (AvgIpc) is 2.30. The molecule has 1 heterocycles. The molecule has 5 heteroatoms. The first-order valence-electron chi connectivity index (χ1n) is 5.38. The highest BCUT2D eigenvalue weighted by molar-refractivity contribution is 6.40. The van der Waals surface area contributed by atoms with Crippen LogP contribution < -0.4 is 5.32 Å². The van der Waals surface area contributed by atoms with Crippen LogP contribution in [0.1, 0.15) is 34.5 Å². The Hall–Kier alpha value is -0.770. The highest BCUT2D eigenvalue weighted by Gasteiger charge is 2.25. The van der Waals surface area contributed by atoms with E-state index in [-0.39, 0.29) is 11.6 Å². The molecular weight excluding hydrogens is 261 g/mol. The van der Waals surface area contributed by atoms with Gasteiger partial charge in [-0.3, -0.25) is 0 Å². The highest BCUT2D eigenvalue weighted by atomic mass is 35.5. The van der Waals surface area contributed by atoms with Gasteiger partial charge >= 0.3 is 5.97 Å². The van der Waals surface area contributed by atoms with Gasteiger partial charge in [-0.1, -0.05) is 23.2 Å². The zero-order valence-electron chi connectivity index (χ0n) is 9.64. The number of esters is 1. The van der Waals surface area contributed by atoms with Crippen molar-refractivity contribution in [1.82, 2.24) is 5.32 Å². The second-order valence-electron chi connectivity index (χ2n) is 4.03. The van der Waals surface area contributed by atoms with Crippen molar-refractivity contribution in [3.63, 3.8) is 0 Å². The molecular formula is C12H13Cl2NO2. The first-order chi connectivity index (χ1) is 8.06. The summed E-state index contributed by atoms with van der Waals surface area (Å²) < 4.78 is 4.69. The molecule has 1 aromatic rings. The van der Waals surface area contributed by atoms with Crippen LogP contribution in [0.2, 0.25) is 10.0 Å². The largest absolute Gasteiger partial charge is 0.465 e. The van der Waals surface area contributed by atoms with Gasteiger partial charge in [-0.25, -0.2) is 4.79 Å². The van der Waals surface area contributed by atoms with Gasteiger partial charge in [-0.15, -0.1) is 0 Å². The second kappa shape index (κ2) is 4.84. The Labute approximate surface area is 110 Å². The number of carbonyl (C=O) groups is 1. The summed E-state index contributed by atoms with van der Waals surface area (Å²) in [5, 5.41) is 4.09. The van der Waals surface area contributed by atoms with Crippen LogP contribution in [0.15, 0.2) is 6.07 Å². The van der Waals surface area contributed by atoms with Gasteiger partial charge in [0.05, 0.1) is 22.7 Å². The molecule has 1 N–H and O–H groups in total. The third-order valence-electron chi connectivity index (χ3n) is 3.04. The molecule has 1 aliphatic rings. The fraction of sp³-hybridized carbons (Fsp3) is 0.417. The molecule has 0 saturated carbocycles. The van der Waals surface area contributed by atoms with E-state index in [0.717, 1.165) is 24.1 Å². The predicted molar refractivity (Wildman–Crippen MR) is 67.9 cm³/mol. The Kier molecular flexibility index (Phi) is 3.61. The van der Waals surface area contributed by atoms with Crippen molar-refractivity contribution >= 4 is 29.2 Å². The van der Waals surface area contributed by atoms with E-state index in [2.05, 4.69) is 5.32 Å². The first-order valence-corrected chi connectivity index (χ1v) is 6.14. The minimum absolute atomic E-state index is 0.195. The molecule has 0 amide bonds. The molecule has 0 saturated heterocycles. The van der Waals surface area contributed by atoms with E-state index in [4.69, 9.17) is 27.9 Å². The molecule has 0 fully saturated rings. The molecule has 2 rings (SSSR count). The van der Waals surface area contributed by atoms with Crippen molar-refractivity contribution < 1.29 is 9.53 Å². The number of benzene rings is 1. The summed E-state index contributed by atoms with van der Waals surface area (Å²) in [6, 6.07) is 1.99. The third kappa shape index (κ3) is 2.15. The molecule has 0 radical (unpaired) electrons. The van der Waals surface area contributed by atoms with Gasteiger partial charge in [0.15, 0.2) is 0 Å². The van der Waals surface area contributed by atoms with Gasteiger partial charge in [-0.2, -0.15) is 0 Å². The van der Waals surface area contributed by atoms with Gasteiger partial charge in [0.25, 0.3) is 0 Å². The maximum absolute atomic E-state index is 11.6. The minimum Gasteiger partial charge on any atom is -0.465 e. The predicted octanol–water partition coefficient (Wildman–Crippen LogP) is 2.99. The van der Waals surface area contributed by atoms with Crippen LogP contribution in [0.4, 0.5) is 0 Å². The van der Waals surface area contributed by atoms with Crippen molar-refractivity contribution in [2.24, 2.45) is 0 Å². The quantitative estimate of drug-likeness (QED) is 0.800. The molecule has 1 unspecified atom stereocenters. The van der Waals surface area contributed by atoms with Gasteiger partial charge in [0.1, 0.15) is 0 Å². The zero-order valence-corrected chi connectivity index (χ0v) is 11.2. The summed E-state index contributed by atoms with van der Waals surface area (Å²) in [6.07, 6.45) is 0.791. The van der Waals surface area contributed by atoms with Gasteiger partial charge in [0.2, 0.25) is 0 Å². The maximum atomic E-state index is 11.6. The lowest BCUT2D eigenvalue weighted by molar-refractivity contribution is 0.0601. The van der Waals surface area contributed by atoms with E-state index in [1.165, 1.54) is 7.11 Å². The summed E-state index contributed by atoms with van der Waals surface area (Å²) in [7, 11) is 1.32. The Balaban J connectivity index is 2.62. The SMILES string of the molecule is COC(=O)c1c(Cl)cc2c(c1Cl)CCNC2C. The molecule has 1 atom stereocenters. The first kappa shape index (κ1) is 12.7. The van der Waals surface area contributed by atoms with E-state index in [1.54, 1.807) is 6.07 Å². The fourth-order valence-corrected chi connectivity index (χ4v) is 2.85. The number of halogens is 2. The summed E-state index contributed by atoms with van der Waals surface area (Å²) in [5.74, 6) is -0.492. The maximum Gasteiger partial charge on any atom is 0.340 e. The molecule has 1 aromatic carbocycles.